The molecule has 0 saturated heterocycles. The van der Waals surface area contributed by atoms with Crippen LogP contribution in [0.1, 0.15) is 17.5 Å². The van der Waals surface area contributed by atoms with Gasteiger partial charge in [0.1, 0.15) is 5.75 Å². The largest absolute Gasteiger partial charge is 0.494 e. The summed E-state index contributed by atoms with van der Waals surface area (Å²) in [6, 6.07) is 17.0. The van der Waals surface area contributed by atoms with Gasteiger partial charge in [-0.25, -0.2) is 0 Å². The summed E-state index contributed by atoms with van der Waals surface area (Å²) in [4.78, 5) is 0. The quantitative estimate of drug-likeness (QED) is 0.523. The smallest absolute Gasteiger partial charge is 0.264 e. The lowest BCUT2D eigenvalue weighted by Crippen LogP contribution is -2.08. The van der Waals surface area contributed by atoms with Crippen molar-refractivity contribution in [1.82, 2.24) is 0 Å². The Morgan fingerprint density at radius 2 is 1.50 bits per heavy atom. The van der Waals surface area contributed by atoms with Crippen LogP contribution >= 0.6 is 0 Å². The molecule has 0 aliphatic carbocycles. The summed E-state index contributed by atoms with van der Waals surface area (Å²) >= 11 is 0. The summed E-state index contributed by atoms with van der Waals surface area (Å²) in [6.07, 6.45) is 0.244. The summed E-state index contributed by atoms with van der Waals surface area (Å²) < 4.78 is 35.1. The monoisotopic (exact) mass is 316 g/mol. The van der Waals surface area contributed by atoms with E-state index < -0.39 is 10.1 Å². The predicted octanol–water partition coefficient (Wildman–Crippen LogP) is 2.74. The molecule has 0 saturated carbocycles. The molecule has 0 fully saturated rings. The minimum absolute atomic E-state index is 0.231. The van der Waals surface area contributed by atoms with Crippen molar-refractivity contribution in [1.29, 1.82) is 0 Å². The van der Waals surface area contributed by atoms with Crippen LogP contribution in [0, 0.1) is 11.8 Å². The second-order valence-electron chi connectivity index (χ2n) is 4.63. The Morgan fingerprint density at radius 3 is 2.09 bits per heavy atom. The van der Waals surface area contributed by atoms with Gasteiger partial charge in [-0.2, -0.15) is 8.42 Å². The molecule has 114 valence electrons. The Morgan fingerprint density at radius 1 is 0.909 bits per heavy atom. The van der Waals surface area contributed by atoms with Crippen LogP contribution in [0.15, 0.2) is 54.6 Å². The maximum absolute atomic E-state index is 10.6. The van der Waals surface area contributed by atoms with Crippen molar-refractivity contribution < 1.29 is 17.7 Å². The van der Waals surface area contributed by atoms with Crippen molar-refractivity contribution in [3.63, 3.8) is 0 Å². The first-order valence-corrected chi connectivity index (χ1v) is 8.39. The van der Waals surface area contributed by atoms with Crippen LogP contribution in [0.2, 0.25) is 0 Å². The topological polar surface area (TPSA) is 63.6 Å². The fraction of sp³-hybridized carbons (Fsp3) is 0.176. The van der Waals surface area contributed by atoms with E-state index in [4.69, 9.17) is 9.29 Å². The molecular weight excluding hydrogens is 300 g/mol. The van der Waals surface area contributed by atoms with Gasteiger partial charge in [0.15, 0.2) is 0 Å². The summed E-state index contributed by atoms with van der Waals surface area (Å²) in [5.74, 6) is 6.46. The minimum Gasteiger partial charge on any atom is -0.494 e. The zero-order chi connectivity index (χ0) is 15.8. The highest BCUT2D eigenvalue weighted by Crippen LogP contribution is 2.12. The third-order valence-corrected chi connectivity index (χ3v) is 3.60. The van der Waals surface area contributed by atoms with Crippen LogP contribution in [0.4, 0.5) is 0 Å². The van der Waals surface area contributed by atoms with Gasteiger partial charge in [0.25, 0.3) is 10.1 Å². The van der Waals surface area contributed by atoms with Crippen LogP contribution in [-0.2, 0) is 10.1 Å². The standard InChI is InChI=1S/C17H16O4S/c18-22(19,20)14-4-13-21-17-11-9-16(10-12-17)8-7-15-5-2-1-3-6-15/h1-3,5-6,9-12H,4,13-14H2,(H,18,19,20). The molecule has 5 heteroatoms. The average Bonchev–Trinajstić information content (AvgIpc) is 2.51. The molecule has 0 bridgehead atoms. The molecule has 0 unspecified atom stereocenters. The molecule has 2 rings (SSSR count). The lowest BCUT2D eigenvalue weighted by Gasteiger charge is -2.05. The highest BCUT2D eigenvalue weighted by Gasteiger charge is 2.03. The molecule has 22 heavy (non-hydrogen) atoms. The maximum Gasteiger partial charge on any atom is 0.264 e. The van der Waals surface area contributed by atoms with Gasteiger partial charge in [-0.3, -0.25) is 4.55 Å². The van der Waals surface area contributed by atoms with E-state index in [0.717, 1.165) is 11.1 Å². The number of benzene rings is 2. The van der Waals surface area contributed by atoms with Crippen molar-refractivity contribution in [2.45, 2.75) is 6.42 Å². The van der Waals surface area contributed by atoms with Gasteiger partial charge in [0.2, 0.25) is 0 Å². The summed E-state index contributed by atoms with van der Waals surface area (Å²) in [6.45, 7) is 0.231. The normalized spacial score (nSPS) is 10.6. The molecule has 0 amide bonds. The van der Waals surface area contributed by atoms with Crippen LogP contribution in [-0.4, -0.2) is 25.3 Å². The highest BCUT2D eigenvalue weighted by molar-refractivity contribution is 7.85. The number of ether oxygens (including phenoxy) is 1. The number of hydrogen-bond donors (Lipinski definition) is 1. The maximum atomic E-state index is 10.6. The van der Waals surface area contributed by atoms with Crippen LogP contribution in [0.5, 0.6) is 5.75 Å². The lowest BCUT2D eigenvalue weighted by atomic mass is 10.2. The minimum atomic E-state index is -3.92. The Labute approximate surface area is 130 Å². The highest BCUT2D eigenvalue weighted by atomic mass is 32.2. The molecule has 1 N–H and O–H groups in total. The zero-order valence-electron chi connectivity index (χ0n) is 11.9. The lowest BCUT2D eigenvalue weighted by molar-refractivity contribution is 0.316. The van der Waals surface area contributed by atoms with Crippen LogP contribution in [0.25, 0.3) is 0 Å². The summed E-state index contributed by atoms with van der Waals surface area (Å²) in [5, 5.41) is 0. The Balaban J connectivity index is 1.87. The van der Waals surface area contributed by atoms with E-state index in [2.05, 4.69) is 11.8 Å². The summed E-state index contributed by atoms with van der Waals surface area (Å²) in [5.41, 5.74) is 1.82. The van der Waals surface area contributed by atoms with Crippen LogP contribution < -0.4 is 4.74 Å². The van der Waals surface area contributed by atoms with E-state index in [1.807, 2.05) is 42.5 Å². The van der Waals surface area contributed by atoms with E-state index >= 15 is 0 Å². The SMILES string of the molecule is O=S(=O)(O)CCCOc1ccc(C#Cc2ccccc2)cc1. The number of hydrogen-bond acceptors (Lipinski definition) is 3. The van der Waals surface area contributed by atoms with Gasteiger partial charge < -0.3 is 4.74 Å². The second kappa shape index (κ2) is 7.64. The van der Waals surface area contributed by atoms with Crippen molar-refractivity contribution in [3.05, 3.63) is 65.7 Å². The second-order valence-corrected chi connectivity index (χ2v) is 6.20. The van der Waals surface area contributed by atoms with Gasteiger partial charge in [-0.1, -0.05) is 30.0 Å². The third kappa shape index (κ3) is 6.00. The molecule has 4 nitrogen and oxygen atoms in total. The van der Waals surface area contributed by atoms with Crippen molar-refractivity contribution in [2.75, 3.05) is 12.4 Å². The van der Waals surface area contributed by atoms with Crippen LogP contribution in [0.3, 0.4) is 0 Å². The molecule has 2 aromatic rings. The third-order valence-electron chi connectivity index (χ3n) is 2.79. The van der Waals surface area contributed by atoms with Crippen molar-refractivity contribution >= 4 is 10.1 Å². The molecule has 0 radical (unpaired) electrons. The van der Waals surface area contributed by atoms with E-state index in [1.165, 1.54) is 0 Å². The Hall–Kier alpha value is -2.29. The summed E-state index contributed by atoms with van der Waals surface area (Å²) in [7, 11) is -3.92. The van der Waals surface area contributed by atoms with Gasteiger partial charge in [-0.05, 0) is 42.8 Å². The van der Waals surface area contributed by atoms with E-state index in [9.17, 15) is 8.42 Å². The van der Waals surface area contributed by atoms with Gasteiger partial charge in [0.05, 0.1) is 12.4 Å². The number of rotatable bonds is 5. The molecule has 0 spiro atoms. The molecule has 0 heterocycles. The van der Waals surface area contributed by atoms with Gasteiger partial charge in [0, 0.05) is 11.1 Å². The fourth-order valence-electron chi connectivity index (χ4n) is 1.73. The predicted molar refractivity (Wildman–Crippen MR) is 85.4 cm³/mol. The molecule has 0 aliphatic rings. The molecule has 0 atom stereocenters. The first-order valence-electron chi connectivity index (χ1n) is 6.78. The van der Waals surface area contributed by atoms with E-state index in [1.54, 1.807) is 12.1 Å². The van der Waals surface area contributed by atoms with E-state index in [-0.39, 0.29) is 18.8 Å². The van der Waals surface area contributed by atoms with Crippen molar-refractivity contribution in [2.24, 2.45) is 0 Å². The average molecular weight is 316 g/mol. The van der Waals surface area contributed by atoms with Crippen molar-refractivity contribution in [3.8, 4) is 17.6 Å². The van der Waals surface area contributed by atoms with E-state index in [0.29, 0.717) is 5.75 Å². The first-order chi connectivity index (χ1) is 10.5. The molecule has 0 aromatic heterocycles. The van der Waals surface area contributed by atoms with Gasteiger partial charge >= 0.3 is 0 Å². The molecule has 2 aromatic carbocycles. The zero-order valence-corrected chi connectivity index (χ0v) is 12.7. The van der Waals surface area contributed by atoms with Gasteiger partial charge in [-0.15, -0.1) is 0 Å². The first kappa shape index (κ1) is 16.1. The Bertz CT molecular complexity index is 754. The molecular formula is C17H16O4S. The molecule has 0 aliphatic heterocycles. The Kier molecular flexibility index (Phi) is 5.59. The fourth-order valence-corrected chi connectivity index (χ4v) is 2.21.